The van der Waals surface area contributed by atoms with Crippen molar-refractivity contribution < 1.29 is 14.3 Å². The Balaban J connectivity index is 3.27. The molecule has 0 aromatic carbocycles. The van der Waals surface area contributed by atoms with Crippen molar-refractivity contribution in [3.63, 3.8) is 0 Å². The van der Waals surface area contributed by atoms with E-state index in [1.54, 1.807) is 0 Å². The number of rotatable bonds is 4. The predicted molar refractivity (Wildman–Crippen MR) is 31.5 cm³/mol. The molecule has 3 nitrogen and oxygen atoms in total. The maximum atomic E-state index is 9.58. The molecule has 0 saturated heterocycles. The summed E-state index contributed by atoms with van der Waals surface area (Å²) in [6, 6.07) is 0. The van der Waals surface area contributed by atoms with Gasteiger partial charge in [0, 0.05) is 12.2 Å². The average Bonchev–Trinajstić information content (AvgIpc) is 1.89. The second-order valence-corrected chi connectivity index (χ2v) is 1.07. The van der Waals surface area contributed by atoms with E-state index < -0.39 is 0 Å². The van der Waals surface area contributed by atoms with Gasteiger partial charge in [-0.2, -0.15) is 0 Å². The Hall–Kier alpha value is -1.38. The SMILES string of the molecule is O=C/C=C/O/C=C/C=O. The fourth-order valence-electron chi connectivity index (χ4n) is 0.200. The lowest BCUT2D eigenvalue weighted by molar-refractivity contribution is -0.104. The number of aldehydes is 2. The van der Waals surface area contributed by atoms with Gasteiger partial charge in [0.2, 0.25) is 0 Å². The van der Waals surface area contributed by atoms with Crippen molar-refractivity contribution in [1.29, 1.82) is 0 Å². The molecule has 0 aromatic rings. The van der Waals surface area contributed by atoms with E-state index in [4.69, 9.17) is 0 Å². The van der Waals surface area contributed by atoms with E-state index in [1.165, 1.54) is 24.7 Å². The van der Waals surface area contributed by atoms with Crippen molar-refractivity contribution in [3.05, 3.63) is 24.7 Å². The summed E-state index contributed by atoms with van der Waals surface area (Å²) in [5, 5.41) is 0. The van der Waals surface area contributed by atoms with Gasteiger partial charge in [-0.3, -0.25) is 9.59 Å². The zero-order valence-corrected chi connectivity index (χ0v) is 4.69. The molecule has 0 aliphatic heterocycles. The van der Waals surface area contributed by atoms with Gasteiger partial charge in [0.1, 0.15) is 12.6 Å². The minimum atomic E-state index is 0.578. The monoisotopic (exact) mass is 126 g/mol. The molecule has 0 N–H and O–H groups in total. The van der Waals surface area contributed by atoms with Crippen molar-refractivity contribution in [2.75, 3.05) is 0 Å². The fourth-order valence-corrected chi connectivity index (χ4v) is 0.200. The van der Waals surface area contributed by atoms with E-state index in [9.17, 15) is 9.59 Å². The summed E-state index contributed by atoms with van der Waals surface area (Å²) >= 11 is 0. The molecule has 0 heterocycles. The third-order valence-corrected chi connectivity index (χ3v) is 0.471. The van der Waals surface area contributed by atoms with Gasteiger partial charge in [-0.15, -0.1) is 0 Å². The lowest BCUT2D eigenvalue weighted by Gasteiger charge is -1.81. The van der Waals surface area contributed by atoms with Crippen LogP contribution in [-0.2, 0) is 14.3 Å². The van der Waals surface area contributed by atoms with Gasteiger partial charge < -0.3 is 4.74 Å². The molecule has 0 spiro atoms. The van der Waals surface area contributed by atoms with Crippen LogP contribution in [0.5, 0.6) is 0 Å². The standard InChI is InChI=1S/C6H6O3/c7-3-1-5-9-6-2-4-8/h1-6H/b5-1+,6-2+. The van der Waals surface area contributed by atoms with Crippen molar-refractivity contribution in [2.24, 2.45) is 0 Å². The molecule has 0 rings (SSSR count). The maximum Gasteiger partial charge on any atom is 0.145 e. The summed E-state index contributed by atoms with van der Waals surface area (Å²) in [5.74, 6) is 0. The average molecular weight is 126 g/mol. The topological polar surface area (TPSA) is 43.4 Å². The molecule has 9 heavy (non-hydrogen) atoms. The van der Waals surface area contributed by atoms with Gasteiger partial charge >= 0.3 is 0 Å². The second kappa shape index (κ2) is 6.62. The Labute approximate surface area is 52.6 Å². The first-order valence-corrected chi connectivity index (χ1v) is 2.28. The van der Waals surface area contributed by atoms with E-state index in [1.807, 2.05) is 0 Å². The van der Waals surface area contributed by atoms with Crippen LogP contribution in [0.15, 0.2) is 24.7 Å². The lowest BCUT2D eigenvalue weighted by atomic mass is 10.7. The van der Waals surface area contributed by atoms with Crippen molar-refractivity contribution in [2.45, 2.75) is 0 Å². The number of hydrogen-bond donors (Lipinski definition) is 0. The highest BCUT2D eigenvalue weighted by Gasteiger charge is 1.65. The van der Waals surface area contributed by atoms with Gasteiger partial charge in [0.05, 0.1) is 12.5 Å². The fraction of sp³-hybridized carbons (Fsp3) is 0. The van der Waals surface area contributed by atoms with Crippen LogP contribution in [0.25, 0.3) is 0 Å². The molecule has 0 fully saturated rings. The molecule has 0 unspecified atom stereocenters. The highest BCUT2D eigenvalue weighted by atomic mass is 16.5. The highest BCUT2D eigenvalue weighted by Crippen LogP contribution is 1.75. The van der Waals surface area contributed by atoms with E-state index in [2.05, 4.69) is 4.74 Å². The van der Waals surface area contributed by atoms with Crippen LogP contribution < -0.4 is 0 Å². The Morgan fingerprint density at radius 2 is 1.33 bits per heavy atom. The number of allylic oxidation sites excluding steroid dienone is 2. The Bertz CT molecular complexity index is 119. The van der Waals surface area contributed by atoms with Crippen molar-refractivity contribution >= 4 is 12.6 Å². The minimum Gasteiger partial charge on any atom is -0.472 e. The third-order valence-electron chi connectivity index (χ3n) is 0.471. The van der Waals surface area contributed by atoms with Crippen LogP contribution in [0.1, 0.15) is 0 Å². The number of ether oxygens (including phenoxy) is 1. The summed E-state index contributed by atoms with van der Waals surface area (Å²) in [7, 11) is 0. The first-order valence-electron chi connectivity index (χ1n) is 2.28. The van der Waals surface area contributed by atoms with Gasteiger partial charge in [-0.1, -0.05) is 0 Å². The molecule has 0 aliphatic rings. The number of carbonyl (C=O) groups is 2. The molecular formula is C6H6O3. The van der Waals surface area contributed by atoms with Crippen molar-refractivity contribution in [1.82, 2.24) is 0 Å². The predicted octanol–water partition coefficient (Wildman–Crippen LogP) is 0.428. The molecule has 0 radical (unpaired) electrons. The summed E-state index contributed by atoms with van der Waals surface area (Å²) in [6.07, 6.45) is 5.85. The van der Waals surface area contributed by atoms with E-state index in [-0.39, 0.29) is 0 Å². The van der Waals surface area contributed by atoms with E-state index in [0.717, 1.165) is 0 Å². The highest BCUT2D eigenvalue weighted by molar-refractivity contribution is 5.64. The zero-order chi connectivity index (χ0) is 6.95. The first-order chi connectivity index (χ1) is 4.41. The Morgan fingerprint density at radius 3 is 1.67 bits per heavy atom. The lowest BCUT2D eigenvalue weighted by Crippen LogP contribution is -1.67. The van der Waals surface area contributed by atoms with Crippen LogP contribution in [0, 0.1) is 0 Å². The molecule has 3 heteroatoms. The molecule has 0 saturated carbocycles. The van der Waals surface area contributed by atoms with Crippen LogP contribution >= 0.6 is 0 Å². The normalized spacial score (nSPS) is 10.2. The van der Waals surface area contributed by atoms with Crippen LogP contribution in [0.3, 0.4) is 0 Å². The smallest absolute Gasteiger partial charge is 0.145 e. The number of hydrogen-bond acceptors (Lipinski definition) is 3. The summed E-state index contributed by atoms with van der Waals surface area (Å²) < 4.78 is 4.49. The zero-order valence-electron chi connectivity index (χ0n) is 4.69. The van der Waals surface area contributed by atoms with Crippen LogP contribution in [-0.4, -0.2) is 12.6 Å². The van der Waals surface area contributed by atoms with E-state index in [0.29, 0.717) is 12.6 Å². The summed E-state index contributed by atoms with van der Waals surface area (Å²) in [6.45, 7) is 0. The molecular weight excluding hydrogens is 120 g/mol. The Kier molecular flexibility index (Phi) is 5.60. The Morgan fingerprint density at radius 1 is 0.889 bits per heavy atom. The van der Waals surface area contributed by atoms with Gasteiger partial charge in [-0.25, -0.2) is 0 Å². The molecule has 0 atom stereocenters. The molecule has 0 aromatic heterocycles. The third kappa shape index (κ3) is 6.62. The van der Waals surface area contributed by atoms with Crippen LogP contribution in [0.2, 0.25) is 0 Å². The van der Waals surface area contributed by atoms with Gasteiger partial charge in [0.15, 0.2) is 0 Å². The van der Waals surface area contributed by atoms with Crippen molar-refractivity contribution in [3.8, 4) is 0 Å². The molecule has 0 bridgehead atoms. The summed E-state index contributed by atoms with van der Waals surface area (Å²) in [4.78, 5) is 19.2. The van der Waals surface area contributed by atoms with Gasteiger partial charge in [0.25, 0.3) is 0 Å². The second-order valence-electron chi connectivity index (χ2n) is 1.07. The first kappa shape index (κ1) is 7.62. The molecule has 48 valence electrons. The number of carbonyl (C=O) groups excluding carboxylic acids is 2. The maximum absolute atomic E-state index is 9.58. The largest absolute Gasteiger partial charge is 0.472 e. The quantitative estimate of drug-likeness (QED) is 0.311. The van der Waals surface area contributed by atoms with Crippen LogP contribution in [0.4, 0.5) is 0 Å². The summed E-state index contributed by atoms with van der Waals surface area (Å²) in [5.41, 5.74) is 0. The minimum absolute atomic E-state index is 0.578. The van der Waals surface area contributed by atoms with E-state index >= 15 is 0 Å². The molecule has 0 aliphatic carbocycles. The molecule has 0 amide bonds. The van der Waals surface area contributed by atoms with Gasteiger partial charge in [-0.05, 0) is 0 Å².